The van der Waals surface area contributed by atoms with Crippen molar-refractivity contribution in [2.24, 2.45) is 0 Å². The Morgan fingerprint density at radius 2 is 1.79 bits per heavy atom. The lowest BCUT2D eigenvalue weighted by Crippen LogP contribution is -2.00. The first kappa shape index (κ1) is 18.3. The number of rotatable bonds is 3. The van der Waals surface area contributed by atoms with Crippen LogP contribution in [0, 0.1) is 0 Å². The van der Waals surface area contributed by atoms with Crippen molar-refractivity contribution in [3.05, 3.63) is 25.8 Å². The van der Waals surface area contributed by atoms with Crippen LogP contribution < -0.4 is 0 Å². The van der Waals surface area contributed by atoms with Crippen LogP contribution in [0.2, 0.25) is 0 Å². The van der Waals surface area contributed by atoms with E-state index in [1.807, 2.05) is 0 Å². The van der Waals surface area contributed by atoms with Gasteiger partial charge in [0.15, 0.2) is 0 Å². The Labute approximate surface area is 84.9 Å². The van der Waals surface area contributed by atoms with Crippen molar-refractivity contribution in [1.82, 2.24) is 0 Å². The lowest BCUT2D eigenvalue weighted by molar-refractivity contribution is -0.142. The van der Waals surface area contributed by atoms with E-state index in [0.29, 0.717) is 13.0 Å². The predicted octanol–water partition coefficient (Wildman–Crippen LogP) is 2.02. The van der Waals surface area contributed by atoms with Crippen LogP contribution in [-0.2, 0) is 14.3 Å². The van der Waals surface area contributed by atoms with Crippen molar-refractivity contribution in [2.75, 3.05) is 6.61 Å². The van der Waals surface area contributed by atoms with Crippen LogP contribution in [0.4, 0.5) is 0 Å². The Balaban J connectivity index is -0.000000170. The second-order valence-corrected chi connectivity index (χ2v) is 1.82. The first-order valence-corrected chi connectivity index (χ1v) is 4.00. The second-order valence-electron chi connectivity index (χ2n) is 1.82. The molecule has 4 heteroatoms. The zero-order chi connectivity index (χ0) is 12.0. The molecule has 0 aromatic rings. The van der Waals surface area contributed by atoms with Gasteiger partial charge in [0.25, 0.3) is 5.97 Å². The normalized spacial score (nSPS) is 6.71. The van der Waals surface area contributed by atoms with Crippen LogP contribution >= 0.6 is 0 Å². The fraction of sp³-hybridized carbons (Fsp3) is 0.400. The zero-order valence-electron chi connectivity index (χ0n) is 8.78. The molecule has 0 saturated carbocycles. The summed E-state index contributed by atoms with van der Waals surface area (Å²) in [7, 11) is 0. The fourth-order valence-electron chi connectivity index (χ4n) is 0.338. The van der Waals surface area contributed by atoms with Crippen LogP contribution in [-0.4, -0.2) is 23.7 Å². The number of ether oxygens (including phenoxy) is 1. The minimum Gasteiger partial charge on any atom is -0.481 e. The molecule has 0 aliphatic heterocycles. The summed E-state index contributed by atoms with van der Waals surface area (Å²) in [5.74, 6) is -1.04. The Kier molecular flexibility index (Phi) is 22.8. The van der Waals surface area contributed by atoms with E-state index in [1.165, 1.54) is 6.08 Å². The van der Waals surface area contributed by atoms with Crippen LogP contribution in [0.1, 0.15) is 20.3 Å². The molecule has 0 aliphatic rings. The smallest absolute Gasteiger partial charge is 0.309 e. The number of esters is 1. The maximum absolute atomic E-state index is 10.3. The predicted molar refractivity (Wildman–Crippen MR) is 56.0 cm³/mol. The highest BCUT2D eigenvalue weighted by molar-refractivity contribution is 5.70. The van der Waals surface area contributed by atoms with Crippen LogP contribution in [0.15, 0.2) is 25.8 Å². The quantitative estimate of drug-likeness (QED) is 0.561. The van der Waals surface area contributed by atoms with Crippen molar-refractivity contribution < 1.29 is 19.4 Å². The molecule has 0 rings (SSSR count). The van der Waals surface area contributed by atoms with Gasteiger partial charge < -0.3 is 9.84 Å². The van der Waals surface area contributed by atoms with E-state index in [1.54, 1.807) is 6.92 Å². The number of carboxylic acid groups (broad SMARTS) is 1. The molecule has 0 spiro atoms. The summed E-state index contributed by atoms with van der Waals surface area (Å²) in [5, 5.41) is 7.42. The molecule has 0 radical (unpaired) electrons. The third-order valence-electron chi connectivity index (χ3n) is 0.616. The Morgan fingerprint density at radius 1 is 1.43 bits per heavy atom. The topological polar surface area (TPSA) is 63.6 Å². The molecule has 0 amide bonds. The highest BCUT2D eigenvalue weighted by Crippen LogP contribution is 1.84. The average molecular weight is 202 g/mol. The zero-order valence-corrected chi connectivity index (χ0v) is 8.78. The summed E-state index contributed by atoms with van der Waals surface area (Å²) in [6, 6.07) is 0. The maximum Gasteiger partial charge on any atom is 0.309 e. The molecule has 0 bridgehead atoms. The van der Waals surface area contributed by atoms with Crippen LogP contribution in [0.25, 0.3) is 0 Å². The first-order valence-electron chi connectivity index (χ1n) is 4.00. The van der Waals surface area contributed by atoms with Crippen molar-refractivity contribution in [2.45, 2.75) is 20.3 Å². The third kappa shape index (κ3) is 47.3. The van der Waals surface area contributed by atoms with Gasteiger partial charge in [-0.05, 0) is 6.92 Å². The summed E-state index contributed by atoms with van der Waals surface area (Å²) >= 11 is 0. The summed E-state index contributed by atoms with van der Waals surface area (Å²) in [5.41, 5.74) is 0. The van der Waals surface area contributed by atoms with Crippen LogP contribution in [0.5, 0.6) is 0 Å². The molecule has 0 aliphatic carbocycles. The fourth-order valence-corrected chi connectivity index (χ4v) is 0.338. The molecule has 0 fully saturated rings. The number of aliphatic carboxylic acids is 1. The van der Waals surface area contributed by atoms with E-state index in [2.05, 4.69) is 24.5 Å². The molecular formula is C10H18O4. The summed E-state index contributed by atoms with van der Waals surface area (Å²) < 4.78 is 4.57. The molecular weight excluding hydrogens is 184 g/mol. The van der Waals surface area contributed by atoms with Crippen LogP contribution in [0.3, 0.4) is 0 Å². The van der Waals surface area contributed by atoms with E-state index < -0.39 is 5.97 Å². The number of hydrogen-bond donors (Lipinski definition) is 1. The van der Waals surface area contributed by atoms with Crippen molar-refractivity contribution in [3.8, 4) is 0 Å². The minimum absolute atomic E-state index is 0.206. The Morgan fingerprint density at radius 3 is 2.00 bits per heavy atom. The molecule has 0 aromatic heterocycles. The number of carbonyl (C=O) groups is 2. The van der Waals surface area contributed by atoms with Crippen molar-refractivity contribution in [1.29, 1.82) is 0 Å². The molecule has 0 saturated heterocycles. The summed E-state index contributed by atoms with van der Waals surface area (Å²) in [6.07, 6.45) is 1.84. The molecule has 0 aromatic carbocycles. The molecule has 14 heavy (non-hydrogen) atoms. The molecule has 4 nitrogen and oxygen atoms in total. The van der Waals surface area contributed by atoms with Gasteiger partial charge in [0.05, 0.1) is 13.0 Å². The van der Waals surface area contributed by atoms with Gasteiger partial charge >= 0.3 is 5.97 Å². The van der Waals surface area contributed by atoms with Gasteiger partial charge in [-0.3, -0.25) is 9.59 Å². The third-order valence-corrected chi connectivity index (χ3v) is 0.616. The van der Waals surface area contributed by atoms with Crippen molar-refractivity contribution >= 4 is 11.9 Å². The molecule has 0 unspecified atom stereocenters. The second kappa shape index (κ2) is 17.5. The van der Waals surface area contributed by atoms with Gasteiger partial charge in [0, 0.05) is 6.92 Å². The average Bonchev–Trinajstić information content (AvgIpc) is 2.08. The molecule has 0 heterocycles. The highest BCUT2D eigenvalue weighted by atomic mass is 16.5. The standard InChI is InChI=1S/C6H10O2.C2H4O2.C2H4/c1-3-5-6(7)8-4-2;1-2(3)4;1-2/h3H,1,4-5H2,2H3;1H3,(H,3,4);1-2H2. The lowest BCUT2D eigenvalue weighted by atomic mass is 10.4. The molecule has 1 N–H and O–H groups in total. The monoisotopic (exact) mass is 202 g/mol. The number of carbonyl (C=O) groups excluding carboxylic acids is 1. The van der Waals surface area contributed by atoms with E-state index >= 15 is 0 Å². The van der Waals surface area contributed by atoms with E-state index in [0.717, 1.165) is 6.92 Å². The first-order chi connectivity index (χ1) is 6.54. The summed E-state index contributed by atoms with van der Waals surface area (Å²) in [4.78, 5) is 19.3. The lowest BCUT2D eigenvalue weighted by Gasteiger charge is -1.94. The Bertz CT molecular complexity index is 160. The van der Waals surface area contributed by atoms with Gasteiger partial charge in [-0.15, -0.1) is 19.7 Å². The number of hydrogen-bond acceptors (Lipinski definition) is 3. The van der Waals surface area contributed by atoms with E-state index in [9.17, 15) is 4.79 Å². The van der Waals surface area contributed by atoms with Gasteiger partial charge in [-0.1, -0.05) is 6.08 Å². The van der Waals surface area contributed by atoms with Gasteiger partial charge in [0.1, 0.15) is 0 Å². The number of carboxylic acids is 1. The van der Waals surface area contributed by atoms with E-state index in [-0.39, 0.29) is 5.97 Å². The molecule has 82 valence electrons. The van der Waals surface area contributed by atoms with E-state index in [4.69, 9.17) is 9.90 Å². The maximum atomic E-state index is 10.3. The van der Waals surface area contributed by atoms with Gasteiger partial charge in [-0.2, -0.15) is 0 Å². The Hall–Kier alpha value is -1.58. The van der Waals surface area contributed by atoms with Gasteiger partial charge in [-0.25, -0.2) is 0 Å². The minimum atomic E-state index is -0.833. The SMILES string of the molecule is C=C.C=CCC(=O)OCC.CC(=O)O. The molecule has 0 atom stereocenters. The van der Waals surface area contributed by atoms with Gasteiger partial charge in [0.2, 0.25) is 0 Å². The highest BCUT2D eigenvalue weighted by Gasteiger charge is 1.93. The van der Waals surface area contributed by atoms with Crippen molar-refractivity contribution in [3.63, 3.8) is 0 Å². The largest absolute Gasteiger partial charge is 0.481 e. The summed E-state index contributed by atoms with van der Waals surface area (Å²) in [6.45, 7) is 12.7.